The summed E-state index contributed by atoms with van der Waals surface area (Å²) in [5.74, 6) is 1.36. The van der Waals surface area contributed by atoms with Crippen LogP contribution in [0.25, 0.3) is 0 Å². The van der Waals surface area contributed by atoms with Crippen LogP contribution in [0.2, 0.25) is 0 Å². The molecule has 3 saturated heterocycles. The Hall–Kier alpha value is -1.81. The first-order chi connectivity index (χ1) is 11.9. The fraction of sp³-hybridized carbons (Fsp3) is 0.571. The topological polar surface area (TPSA) is 44.4 Å². The van der Waals surface area contributed by atoms with Crippen molar-refractivity contribution in [2.75, 3.05) is 25.0 Å². The number of anilines is 1. The van der Waals surface area contributed by atoms with Crippen molar-refractivity contribution in [2.24, 2.45) is 11.8 Å². The lowest BCUT2D eigenvalue weighted by molar-refractivity contribution is 0.0209. The van der Waals surface area contributed by atoms with Crippen LogP contribution in [-0.4, -0.2) is 36.6 Å². The Kier molecular flexibility index (Phi) is 5.19. The lowest BCUT2D eigenvalue weighted by Gasteiger charge is -2.49. The smallest absolute Gasteiger partial charge is 0.319 e. The van der Waals surface area contributed by atoms with Crippen molar-refractivity contribution in [1.82, 2.24) is 10.2 Å². The number of fused-ring (bicyclic) bond motifs is 3. The summed E-state index contributed by atoms with van der Waals surface area (Å²) in [5, 5.41) is 5.99. The molecule has 4 heteroatoms. The van der Waals surface area contributed by atoms with Crippen LogP contribution in [-0.2, 0) is 5.41 Å². The van der Waals surface area contributed by atoms with Gasteiger partial charge < -0.3 is 10.6 Å². The van der Waals surface area contributed by atoms with Gasteiger partial charge in [-0.25, -0.2) is 4.79 Å². The van der Waals surface area contributed by atoms with Gasteiger partial charge >= 0.3 is 6.03 Å². The van der Waals surface area contributed by atoms with Crippen molar-refractivity contribution in [3.8, 4) is 0 Å². The van der Waals surface area contributed by atoms with Gasteiger partial charge in [0.1, 0.15) is 0 Å². The largest absolute Gasteiger partial charge is 0.336 e. The molecule has 1 unspecified atom stereocenters. The summed E-state index contributed by atoms with van der Waals surface area (Å²) in [6.45, 7) is 13.5. The third-order valence-corrected chi connectivity index (χ3v) is 5.74. The molecule has 4 rings (SSSR count). The summed E-state index contributed by atoms with van der Waals surface area (Å²) in [7, 11) is 0. The van der Waals surface area contributed by atoms with Gasteiger partial charge in [0, 0.05) is 24.8 Å². The third-order valence-electron chi connectivity index (χ3n) is 5.74. The maximum absolute atomic E-state index is 12.2. The average molecular weight is 341 g/mol. The highest BCUT2D eigenvalue weighted by Gasteiger charge is 2.38. The van der Waals surface area contributed by atoms with Crippen molar-refractivity contribution < 1.29 is 4.79 Å². The van der Waals surface area contributed by atoms with E-state index in [0.717, 1.165) is 31.1 Å². The molecule has 2 N–H and O–H groups in total. The second-order valence-electron chi connectivity index (χ2n) is 8.50. The van der Waals surface area contributed by atoms with Gasteiger partial charge in [-0.2, -0.15) is 0 Å². The van der Waals surface area contributed by atoms with Crippen LogP contribution in [0.15, 0.2) is 36.9 Å². The maximum Gasteiger partial charge on any atom is 0.319 e. The molecule has 2 bridgehead atoms. The van der Waals surface area contributed by atoms with Crippen LogP contribution in [0.3, 0.4) is 0 Å². The standard InChI is InChI=1S/C21H31N3O/c1-5-15-14-24-11-10-16(15)12-19(24)13-22-20(25)23-18-8-6-17(7-9-18)21(2,3)4/h5-9,15-16,19H,1,10-14H2,2-4H3,(H2,22,23,25)/t15-,16+,19+/m0/s1. The van der Waals surface area contributed by atoms with Gasteiger partial charge in [0.05, 0.1) is 0 Å². The number of urea groups is 1. The highest BCUT2D eigenvalue weighted by molar-refractivity contribution is 5.89. The molecule has 1 aromatic rings. The monoisotopic (exact) mass is 341 g/mol. The van der Waals surface area contributed by atoms with Crippen LogP contribution < -0.4 is 10.6 Å². The van der Waals surface area contributed by atoms with Gasteiger partial charge in [-0.15, -0.1) is 6.58 Å². The predicted molar refractivity (Wildman–Crippen MR) is 104 cm³/mol. The zero-order valence-corrected chi connectivity index (χ0v) is 15.7. The van der Waals surface area contributed by atoms with Crippen molar-refractivity contribution in [3.05, 3.63) is 42.5 Å². The van der Waals surface area contributed by atoms with Crippen LogP contribution in [0, 0.1) is 11.8 Å². The number of hydrogen-bond donors (Lipinski definition) is 2. The van der Waals surface area contributed by atoms with Gasteiger partial charge in [-0.3, -0.25) is 4.90 Å². The molecule has 3 aliphatic heterocycles. The van der Waals surface area contributed by atoms with Crippen LogP contribution in [0.4, 0.5) is 10.5 Å². The summed E-state index contributed by atoms with van der Waals surface area (Å²) < 4.78 is 0. The van der Waals surface area contributed by atoms with Crippen molar-refractivity contribution in [2.45, 2.75) is 45.1 Å². The summed E-state index contributed by atoms with van der Waals surface area (Å²) in [6.07, 6.45) is 4.53. The molecule has 0 radical (unpaired) electrons. The normalized spacial score (nSPS) is 28.4. The predicted octanol–water partition coefficient (Wildman–Crippen LogP) is 4.00. The van der Waals surface area contributed by atoms with E-state index in [-0.39, 0.29) is 11.4 Å². The minimum Gasteiger partial charge on any atom is -0.336 e. The molecule has 4 atom stereocenters. The van der Waals surface area contributed by atoms with Crippen LogP contribution in [0.1, 0.15) is 39.2 Å². The molecule has 0 aliphatic carbocycles. The number of amides is 2. The SMILES string of the molecule is C=C[C@H]1CN2CC[C@@H]1C[C@@H]2CNC(=O)Nc1ccc(C(C)(C)C)cc1. The molecule has 3 heterocycles. The minimum atomic E-state index is -0.119. The molecule has 0 aromatic heterocycles. The Balaban J connectivity index is 1.48. The van der Waals surface area contributed by atoms with Crippen LogP contribution in [0.5, 0.6) is 0 Å². The summed E-state index contributed by atoms with van der Waals surface area (Å²) in [5.41, 5.74) is 2.22. The number of rotatable bonds is 4. The van der Waals surface area contributed by atoms with E-state index in [1.54, 1.807) is 0 Å². The van der Waals surface area contributed by atoms with Crippen molar-refractivity contribution >= 4 is 11.7 Å². The van der Waals surface area contributed by atoms with Gasteiger partial charge in [0.25, 0.3) is 0 Å². The first kappa shape index (κ1) is 18.0. The third kappa shape index (κ3) is 4.24. The second-order valence-corrected chi connectivity index (χ2v) is 8.50. The molecule has 136 valence electrons. The molecule has 3 aliphatic rings. The Morgan fingerprint density at radius 3 is 2.60 bits per heavy atom. The van der Waals surface area contributed by atoms with E-state index < -0.39 is 0 Å². The molecule has 0 spiro atoms. The van der Waals surface area contributed by atoms with Crippen molar-refractivity contribution in [3.63, 3.8) is 0 Å². The Morgan fingerprint density at radius 1 is 1.32 bits per heavy atom. The molecule has 25 heavy (non-hydrogen) atoms. The molecule has 3 fully saturated rings. The highest BCUT2D eigenvalue weighted by Crippen LogP contribution is 2.36. The highest BCUT2D eigenvalue weighted by atomic mass is 16.2. The van der Waals surface area contributed by atoms with Gasteiger partial charge in [0.2, 0.25) is 0 Å². The summed E-state index contributed by atoms with van der Waals surface area (Å²) in [4.78, 5) is 14.7. The van der Waals surface area contributed by atoms with E-state index >= 15 is 0 Å². The number of nitrogens with zero attached hydrogens (tertiary/aromatic N) is 1. The quantitative estimate of drug-likeness (QED) is 0.813. The minimum absolute atomic E-state index is 0.119. The molecule has 1 aromatic carbocycles. The maximum atomic E-state index is 12.2. The van der Waals surface area contributed by atoms with E-state index in [4.69, 9.17) is 0 Å². The second kappa shape index (κ2) is 7.20. The molecule has 2 amide bonds. The Labute approximate surface area is 151 Å². The first-order valence-corrected chi connectivity index (χ1v) is 9.39. The summed E-state index contributed by atoms with van der Waals surface area (Å²) in [6, 6.07) is 8.45. The Bertz CT molecular complexity index is 617. The number of hydrogen-bond acceptors (Lipinski definition) is 2. The van der Waals surface area contributed by atoms with Gasteiger partial charge in [-0.05, 0) is 54.3 Å². The number of carbonyl (C=O) groups is 1. The zero-order chi connectivity index (χ0) is 18.0. The molecule has 0 saturated carbocycles. The molecule has 4 nitrogen and oxygen atoms in total. The zero-order valence-electron chi connectivity index (χ0n) is 15.7. The Morgan fingerprint density at radius 2 is 2.04 bits per heavy atom. The molecular formula is C21H31N3O. The van der Waals surface area contributed by atoms with E-state index in [9.17, 15) is 4.79 Å². The fourth-order valence-electron chi connectivity index (χ4n) is 4.10. The lowest BCUT2D eigenvalue weighted by atomic mass is 9.75. The van der Waals surface area contributed by atoms with E-state index in [1.807, 2.05) is 12.1 Å². The number of piperidine rings is 3. The van der Waals surface area contributed by atoms with Gasteiger partial charge in [-0.1, -0.05) is 39.0 Å². The van der Waals surface area contributed by atoms with E-state index in [0.29, 0.717) is 18.5 Å². The number of benzene rings is 1. The first-order valence-electron chi connectivity index (χ1n) is 9.39. The van der Waals surface area contributed by atoms with Crippen molar-refractivity contribution in [1.29, 1.82) is 0 Å². The number of carbonyl (C=O) groups excluding carboxylic acids is 1. The fourth-order valence-corrected chi connectivity index (χ4v) is 4.10. The van der Waals surface area contributed by atoms with E-state index in [1.165, 1.54) is 12.0 Å². The summed E-state index contributed by atoms with van der Waals surface area (Å²) >= 11 is 0. The van der Waals surface area contributed by atoms with Gasteiger partial charge in [0.15, 0.2) is 0 Å². The average Bonchev–Trinajstić information content (AvgIpc) is 2.60. The van der Waals surface area contributed by atoms with E-state index in [2.05, 4.69) is 61.1 Å². The molecular weight excluding hydrogens is 310 g/mol. The lowest BCUT2D eigenvalue weighted by Crippen LogP contribution is -2.56. The van der Waals surface area contributed by atoms with Crippen LogP contribution >= 0.6 is 0 Å². The number of nitrogens with one attached hydrogen (secondary N) is 2.